The molecule has 1 aromatic carbocycles. The molecule has 4 heteroatoms. The van der Waals surface area contributed by atoms with Crippen LogP contribution in [0.3, 0.4) is 0 Å². The number of aromatic carboxylic acids is 1. The number of nitrogens with zero attached hydrogens (tertiary/aromatic N) is 1. The summed E-state index contributed by atoms with van der Waals surface area (Å²) in [4.78, 5) is 15.7. The minimum atomic E-state index is -0.936. The van der Waals surface area contributed by atoms with E-state index in [1.165, 1.54) is 5.56 Å². The lowest BCUT2D eigenvalue weighted by Crippen LogP contribution is -2.06. The SMILES string of the molecule is Cc1cc(-c2cccc3c2OCC3)nc(C)c1C(=O)O. The van der Waals surface area contributed by atoms with E-state index in [1.807, 2.05) is 18.2 Å². The zero-order chi connectivity index (χ0) is 14.3. The van der Waals surface area contributed by atoms with Gasteiger partial charge < -0.3 is 9.84 Å². The van der Waals surface area contributed by atoms with Crippen LogP contribution in [0.25, 0.3) is 11.3 Å². The number of pyridine rings is 1. The maximum Gasteiger partial charge on any atom is 0.337 e. The molecule has 1 aromatic heterocycles. The van der Waals surface area contributed by atoms with E-state index >= 15 is 0 Å². The first kappa shape index (κ1) is 12.7. The molecule has 0 aliphatic carbocycles. The molecule has 0 atom stereocenters. The smallest absolute Gasteiger partial charge is 0.337 e. The van der Waals surface area contributed by atoms with Crippen LogP contribution in [-0.2, 0) is 6.42 Å². The summed E-state index contributed by atoms with van der Waals surface area (Å²) in [5.74, 6) is -0.0598. The van der Waals surface area contributed by atoms with Gasteiger partial charge in [-0.15, -0.1) is 0 Å². The molecule has 0 amide bonds. The summed E-state index contributed by atoms with van der Waals surface area (Å²) in [6.45, 7) is 4.22. The first-order valence-electron chi connectivity index (χ1n) is 6.54. The molecule has 0 radical (unpaired) electrons. The third-order valence-corrected chi connectivity index (χ3v) is 3.60. The van der Waals surface area contributed by atoms with E-state index in [9.17, 15) is 9.90 Å². The fourth-order valence-electron chi connectivity index (χ4n) is 2.71. The molecular formula is C16H15NO3. The number of rotatable bonds is 2. The van der Waals surface area contributed by atoms with Gasteiger partial charge in [0, 0.05) is 12.0 Å². The highest BCUT2D eigenvalue weighted by Gasteiger charge is 2.20. The monoisotopic (exact) mass is 269 g/mol. The number of para-hydroxylation sites is 1. The lowest BCUT2D eigenvalue weighted by Gasteiger charge is -2.11. The molecule has 1 aliphatic rings. The van der Waals surface area contributed by atoms with E-state index in [4.69, 9.17) is 4.74 Å². The third-order valence-electron chi connectivity index (χ3n) is 3.60. The summed E-state index contributed by atoms with van der Waals surface area (Å²) in [7, 11) is 0. The molecule has 1 N–H and O–H groups in total. The summed E-state index contributed by atoms with van der Waals surface area (Å²) in [5.41, 5.74) is 4.41. The summed E-state index contributed by atoms with van der Waals surface area (Å²) in [6.07, 6.45) is 0.911. The fraction of sp³-hybridized carbons (Fsp3) is 0.250. The highest BCUT2D eigenvalue weighted by molar-refractivity contribution is 5.91. The Hall–Kier alpha value is -2.36. The Labute approximate surface area is 117 Å². The molecule has 2 heterocycles. The third kappa shape index (κ3) is 1.93. The molecule has 3 rings (SSSR count). The van der Waals surface area contributed by atoms with E-state index in [1.54, 1.807) is 13.8 Å². The lowest BCUT2D eigenvalue weighted by molar-refractivity contribution is 0.0695. The zero-order valence-electron chi connectivity index (χ0n) is 11.4. The minimum absolute atomic E-state index is 0.280. The highest BCUT2D eigenvalue weighted by Crippen LogP contribution is 2.36. The van der Waals surface area contributed by atoms with Crippen molar-refractivity contribution in [2.75, 3.05) is 6.61 Å². The van der Waals surface area contributed by atoms with Gasteiger partial charge in [0.05, 0.1) is 23.6 Å². The normalized spacial score (nSPS) is 12.9. The van der Waals surface area contributed by atoms with Crippen LogP contribution in [-0.4, -0.2) is 22.7 Å². The molecule has 0 fully saturated rings. The van der Waals surface area contributed by atoms with Gasteiger partial charge in [0.2, 0.25) is 0 Å². The van der Waals surface area contributed by atoms with E-state index in [2.05, 4.69) is 11.1 Å². The quantitative estimate of drug-likeness (QED) is 0.910. The number of aryl methyl sites for hydroxylation is 2. The Morgan fingerprint density at radius 1 is 1.35 bits per heavy atom. The van der Waals surface area contributed by atoms with Crippen molar-refractivity contribution in [3.63, 3.8) is 0 Å². The predicted octanol–water partition coefficient (Wildman–Crippen LogP) is 3.00. The number of benzene rings is 1. The number of fused-ring (bicyclic) bond motifs is 1. The van der Waals surface area contributed by atoms with Crippen LogP contribution in [0.5, 0.6) is 5.75 Å². The van der Waals surface area contributed by atoms with Gasteiger partial charge in [-0.2, -0.15) is 0 Å². The number of carboxylic acid groups (broad SMARTS) is 1. The number of aromatic nitrogens is 1. The lowest BCUT2D eigenvalue weighted by atomic mass is 10.0. The van der Waals surface area contributed by atoms with Crippen LogP contribution in [0.2, 0.25) is 0 Å². The van der Waals surface area contributed by atoms with Gasteiger partial charge in [-0.3, -0.25) is 4.98 Å². The molecule has 0 saturated carbocycles. The van der Waals surface area contributed by atoms with E-state index in [0.29, 0.717) is 12.3 Å². The first-order chi connectivity index (χ1) is 9.58. The van der Waals surface area contributed by atoms with Crippen LogP contribution >= 0.6 is 0 Å². The summed E-state index contributed by atoms with van der Waals surface area (Å²) < 4.78 is 5.69. The van der Waals surface area contributed by atoms with Crippen molar-refractivity contribution >= 4 is 5.97 Å². The Balaban J connectivity index is 2.17. The van der Waals surface area contributed by atoms with Crippen LogP contribution in [0.15, 0.2) is 24.3 Å². The Morgan fingerprint density at radius 2 is 2.15 bits per heavy atom. The molecule has 4 nitrogen and oxygen atoms in total. The maximum atomic E-state index is 11.2. The average molecular weight is 269 g/mol. The molecule has 20 heavy (non-hydrogen) atoms. The average Bonchev–Trinajstić information content (AvgIpc) is 2.85. The van der Waals surface area contributed by atoms with Gasteiger partial charge in [0.15, 0.2) is 0 Å². The second-order valence-electron chi connectivity index (χ2n) is 4.98. The molecule has 0 bridgehead atoms. The van der Waals surface area contributed by atoms with Crippen LogP contribution in [0.4, 0.5) is 0 Å². The van der Waals surface area contributed by atoms with Crippen molar-refractivity contribution in [2.24, 2.45) is 0 Å². The van der Waals surface area contributed by atoms with E-state index in [-0.39, 0.29) is 5.56 Å². The fourth-order valence-corrected chi connectivity index (χ4v) is 2.71. The Kier molecular flexibility index (Phi) is 2.93. The van der Waals surface area contributed by atoms with Gasteiger partial charge in [0.1, 0.15) is 5.75 Å². The van der Waals surface area contributed by atoms with Crippen LogP contribution < -0.4 is 4.74 Å². The van der Waals surface area contributed by atoms with Gasteiger partial charge in [-0.05, 0) is 37.1 Å². The van der Waals surface area contributed by atoms with Crippen molar-refractivity contribution < 1.29 is 14.6 Å². The highest BCUT2D eigenvalue weighted by atomic mass is 16.5. The zero-order valence-corrected chi connectivity index (χ0v) is 11.4. The number of ether oxygens (including phenoxy) is 1. The summed E-state index contributed by atoms with van der Waals surface area (Å²) in [5, 5.41) is 9.20. The van der Waals surface area contributed by atoms with E-state index in [0.717, 1.165) is 29.0 Å². The molecular weight excluding hydrogens is 254 g/mol. The molecule has 102 valence electrons. The van der Waals surface area contributed by atoms with Crippen molar-refractivity contribution in [2.45, 2.75) is 20.3 Å². The molecule has 1 aliphatic heterocycles. The Morgan fingerprint density at radius 3 is 2.85 bits per heavy atom. The summed E-state index contributed by atoms with van der Waals surface area (Å²) >= 11 is 0. The number of hydrogen-bond acceptors (Lipinski definition) is 3. The predicted molar refractivity (Wildman–Crippen MR) is 75.3 cm³/mol. The van der Waals surface area contributed by atoms with Crippen molar-refractivity contribution in [3.05, 3.63) is 46.6 Å². The number of carbonyl (C=O) groups is 1. The van der Waals surface area contributed by atoms with Crippen molar-refractivity contribution in [3.8, 4) is 17.0 Å². The second-order valence-corrected chi connectivity index (χ2v) is 4.98. The van der Waals surface area contributed by atoms with Crippen molar-refractivity contribution in [1.29, 1.82) is 0 Å². The molecule has 0 saturated heterocycles. The summed E-state index contributed by atoms with van der Waals surface area (Å²) in [6, 6.07) is 7.82. The maximum absolute atomic E-state index is 11.2. The molecule has 0 unspecified atom stereocenters. The van der Waals surface area contributed by atoms with Crippen LogP contribution in [0, 0.1) is 13.8 Å². The topological polar surface area (TPSA) is 59.4 Å². The van der Waals surface area contributed by atoms with Gasteiger partial charge >= 0.3 is 5.97 Å². The standard InChI is InChI=1S/C16H15NO3/c1-9-8-13(17-10(2)14(9)16(18)19)12-5-3-4-11-6-7-20-15(11)12/h3-5,8H,6-7H2,1-2H3,(H,18,19). The Bertz CT molecular complexity index is 684. The minimum Gasteiger partial charge on any atom is -0.492 e. The molecule has 2 aromatic rings. The van der Waals surface area contributed by atoms with Crippen LogP contribution in [0.1, 0.15) is 27.2 Å². The van der Waals surface area contributed by atoms with Gasteiger partial charge in [-0.25, -0.2) is 4.79 Å². The molecule has 0 spiro atoms. The van der Waals surface area contributed by atoms with E-state index < -0.39 is 5.97 Å². The number of carboxylic acids is 1. The second kappa shape index (κ2) is 4.63. The first-order valence-corrected chi connectivity index (χ1v) is 6.54. The van der Waals surface area contributed by atoms with Crippen molar-refractivity contribution in [1.82, 2.24) is 4.98 Å². The van der Waals surface area contributed by atoms with Gasteiger partial charge in [-0.1, -0.05) is 12.1 Å². The largest absolute Gasteiger partial charge is 0.492 e. The van der Waals surface area contributed by atoms with Gasteiger partial charge in [0.25, 0.3) is 0 Å². The number of hydrogen-bond donors (Lipinski definition) is 1.